The van der Waals surface area contributed by atoms with Gasteiger partial charge in [-0.2, -0.15) is 0 Å². The lowest BCUT2D eigenvalue weighted by atomic mass is 10.2. The van der Waals surface area contributed by atoms with Crippen molar-refractivity contribution >= 4 is 0 Å². The number of ether oxygens (including phenoxy) is 1. The second-order valence-electron chi connectivity index (χ2n) is 4.58. The lowest BCUT2D eigenvalue weighted by molar-refractivity contribution is 0.340. The van der Waals surface area contributed by atoms with Gasteiger partial charge in [-0.15, -0.1) is 5.10 Å². The van der Waals surface area contributed by atoms with Crippen molar-refractivity contribution in [3.8, 4) is 11.4 Å². The molecule has 2 N–H and O–H groups in total. The zero-order valence-electron chi connectivity index (χ0n) is 11.6. The Kier molecular flexibility index (Phi) is 4.16. The Morgan fingerprint density at radius 3 is 2.47 bits per heavy atom. The summed E-state index contributed by atoms with van der Waals surface area (Å²) in [5.41, 5.74) is 6.59. The fourth-order valence-electron chi connectivity index (χ4n) is 1.87. The van der Waals surface area contributed by atoms with Gasteiger partial charge >= 0.3 is 0 Å². The molecular formula is C14H20N4O. The molecule has 19 heavy (non-hydrogen) atoms. The normalized spacial score (nSPS) is 11.0. The van der Waals surface area contributed by atoms with E-state index in [-0.39, 0.29) is 0 Å². The van der Waals surface area contributed by atoms with E-state index in [1.54, 1.807) is 0 Å². The largest absolute Gasteiger partial charge is 0.494 e. The van der Waals surface area contributed by atoms with Gasteiger partial charge in [0.25, 0.3) is 0 Å². The maximum atomic E-state index is 5.62. The van der Waals surface area contributed by atoms with Crippen molar-refractivity contribution in [1.29, 1.82) is 0 Å². The van der Waals surface area contributed by atoms with Crippen molar-refractivity contribution in [2.24, 2.45) is 5.73 Å². The third kappa shape index (κ3) is 2.93. The predicted molar refractivity (Wildman–Crippen MR) is 74.5 cm³/mol. The van der Waals surface area contributed by atoms with Crippen LogP contribution in [-0.4, -0.2) is 21.4 Å². The first-order valence-electron chi connectivity index (χ1n) is 6.54. The monoisotopic (exact) mass is 260 g/mol. The summed E-state index contributed by atoms with van der Waals surface area (Å²) >= 11 is 0. The van der Waals surface area contributed by atoms with Gasteiger partial charge in [0.05, 0.1) is 18.8 Å². The molecule has 2 rings (SSSR count). The molecule has 0 saturated heterocycles. The summed E-state index contributed by atoms with van der Waals surface area (Å²) < 4.78 is 7.29. The Hall–Kier alpha value is -1.88. The number of hydrogen-bond donors (Lipinski definition) is 1. The molecule has 0 aliphatic heterocycles. The molecular weight excluding hydrogens is 240 g/mol. The molecule has 0 unspecified atom stereocenters. The lowest BCUT2D eigenvalue weighted by Crippen LogP contribution is -2.05. The van der Waals surface area contributed by atoms with Crippen LogP contribution in [0, 0.1) is 0 Å². The van der Waals surface area contributed by atoms with Gasteiger partial charge in [-0.05, 0) is 31.2 Å². The second kappa shape index (κ2) is 5.84. The minimum Gasteiger partial charge on any atom is -0.494 e. The van der Waals surface area contributed by atoms with Gasteiger partial charge in [0, 0.05) is 5.92 Å². The molecule has 5 heteroatoms. The molecule has 1 heterocycles. The quantitative estimate of drug-likeness (QED) is 0.895. The Labute approximate surface area is 113 Å². The molecule has 0 fully saturated rings. The van der Waals surface area contributed by atoms with E-state index < -0.39 is 0 Å². The van der Waals surface area contributed by atoms with Crippen molar-refractivity contribution in [2.75, 3.05) is 6.61 Å². The molecule has 0 bridgehead atoms. The topological polar surface area (TPSA) is 66.0 Å². The summed E-state index contributed by atoms with van der Waals surface area (Å²) in [4.78, 5) is 4.46. The van der Waals surface area contributed by atoms with E-state index in [1.807, 2.05) is 35.9 Å². The van der Waals surface area contributed by atoms with E-state index in [1.165, 1.54) is 0 Å². The van der Waals surface area contributed by atoms with Gasteiger partial charge < -0.3 is 10.5 Å². The van der Waals surface area contributed by atoms with Crippen LogP contribution in [0.15, 0.2) is 24.3 Å². The van der Waals surface area contributed by atoms with E-state index in [2.05, 4.69) is 23.9 Å². The zero-order valence-corrected chi connectivity index (χ0v) is 11.6. The van der Waals surface area contributed by atoms with Gasteiger partial charge in [-0.25, -0.2) is 9.67 Å². The molecule has 0 spiro atoms. The van der Waals surface area contributed by atoms with Gasteiger partial charge in [0.15, 0.2) is 5.82 Å². The molecule has 1 aromatic carbocycles. The van der Waals surface area contributed by atoms with Crippen molar-refractivity contribution in [3.05, 3.63) is 35.9 Å². The SMILES string of the molecule is CCOc1ccc(-n2nc(CN)nc2C(C)C)cc1. The first-order valence-corrected chi connectivity index (χ1v) is 6.54. The number of nitrogens with zero attached hydrogens (tertiary/aromatic N) is 3. The van der Waals surface area contributed by atoms with Crippen molar-refractivity contribution in [3.63, 3.8) is 0 Å². The fourth-order valence-corrected chi connectivity index (χ4v) is 1.87. The number of benzene rings is 1. The van der Waals surface area contributed by atoms with Crippen molar-refractivity contribution < 1.29 is 4.74 Å². The summed E-state index contributed by atoms with van der Waals surface area (Å²) in [6, 6.07) is 7.83. The maximum Gasteiger partial charge on any atom is 0.164 e. The van der Waals surface area contributed by atoms with E-state index in [0.717, 1.165) is 17.3 Å². The average molecular weight is 260 g/mol. The summed E-state index contributed by atoms with van der Waals surface area (Å²) in [5, 5.41) is 4.44. The molecule has 5 nitrogen and oxygen atoms in total. The third-order valence-corrected chi connectivity index (χ3v) is 2.77. The number of rotatable bonds is 5. The van der Waals surface area contributed by atoms with E-state index in [4.69, 9.17) is 10.5 Å². The second-order valence-corrected chi connectivity index (χ2v) is 4.58. The highest BCUT2D eigenvalue weighted by Gasteiger charge is 2.13. The molecule has 2 aromatic rings. The Balaban J connectivity index is 2.37. The summed E-state index contributed by atoms with van der Waals surface area (Å²) in [7, 11) is 0. The molecule has 1 aromatic heterocycles. The van der Waals surface area contributed by atoms with E-state index >= 15 is 0 Å². The highest BCUT2D eigenvalue weighted by Crippen LogP contribution is 2.20. The third-order valence-electron chi connectivity index (χ3n) is 2.77. The summed E-state index contributed by atoms with van der Waals surface area (Å²) in [6.07, 6.45) is 0. The minimum absolute atomic E-state index is 0.291. The molecule has 0 amide bonds. The summed E-state index contributed by atoms with van der Waals surface area (Å²) in [5.74, 6) is 2.73. The van der Waals surface area contributed by atoms with Crippen LogP contribution in [0.4, 0.5) is 0 Å². The van der Waals surface area contributed by atoms with Crippen LogP contribution in [0.1, 0.15) is 38.3 Å². The fraction of sp³-hybridized carbons (Fsp3) is 0.429. The number of aromatic nitrogens is 3. The van der Waals surface area contributed by atoms with Gasteiger partial charge in [0.2, 0.25) is 0 Å². The first kappa shape index (κ1) is 13.5. The Morgan fingerprint density at radius 2 is 1.95 bits per heavy atom. The van der Waals surface area contributed by atoms with Crippen LogP contribution in [0.5, 0.6) is 5.75 Å². The highest BCUT2D eigenvalue weighted by molar-refractivity contribution is 5.37. The Bertz CT molecular complexity index is 531. The lowest BCUT2D eigenvalue weighted by Gasteiger charge is -2.09. The van der Waals surface area contributed by atoms with E-state index in [0.29, 0.717) is 24.9 Å². The standard InChI is InChI=1S/C14H20N4O/c1-4-19-12-7-5-11(6-8-12)18-14(10(2)3)16-13(9-15)17-18/h5-8,10H,4,9,15H2,1-3H3. The molecule has 0 radical (unpaired) electrons. The Morgan fingerprint density at radius 1 is 1.26 bits per heavy atom. The van der Waals surface area contributed by atoms with Gasteiger partial charge in [-0.3, -0.25) is 0 Å². The average Bonchev–Trinajstić information content (AvgIpc) is 2.84. The molecule has 0 aliphatic carbocycles. The van der Waals surface area contributed by atoms with Crippen LogP contribution >= 0.6 is 0 Å². The van der Waals surface area contributed by atoms with Crippen molar-refractivity contribution in [2.45, 2.75) is 33.2 Å². The summed E-state index contributed by atoms with van der Waals surface area (Å²) in [6.45, 7) is 7.17. The highest BCUT2D eigenvalue weighted by atomic mass is 16.5. The molecule has 102 valence electrons. The smallest absolute Gasteiger partial charge is 0.164 e. The molecule has 0 saturated carbocycles. The molecule has 0 aliphatic rings. The van der Waals surface area contributed by atoms with Crippen LogP contribution in [0.3, 0.4) is 0 Å². The minimum atomic E-state index is 0.291. The van der Waals surface area contributed by atoms with Crippen molar-refractivity contribution in [1.82, 2.24) is 14.8 Å². The number of hydrogen-bond acceptors (Lipinski definition) is 4. The van der Waals surface area contributed by atoms with Crippen LogP contribution in [0.25, 0.3) is 5.69 Å². The maximum absolute atomic E-state index is 5.62. The van der Waals surface area contributed by atoms with Gasteiger partial charge in [0.1, 0.15) is 11.6 Å². The van der Waals surface area contributed by atoms with E-state index in [9.17, 15) is 0 Å². The number of nitrogens with two attached hydrogens (primary N) is 1. The molecule has 0 atom stereocenters. The van der Waals surface area contributed by atoms with Crippen LogP contribution < -0.4 is 10.5 Å². The van der Waals surface area contributed by atoms with Crippen LogP contribution in [-0.2, 0) is 6.54 Å². The first-order chi connectivity index (χ1) is 9.15. The zero-order chi connectivity index (χ0) is 13.8. The predicted octanol–water partition coefficient (Wildman–Crippen LogP) is 2.25. The van der Waals surface area contributed by atoms with Crippen LogP contribution in [0.2, 0.25) is 0 Å². The van der Waals surface area contributed by atoms with Gasteiger partial charge in [-0.1, -0.05) is 13.8 Å².